The number of anilines is 1. The summed E-state index contributed by atoms with van der Waals surface area (Å²) in [6, 6.07) is 5.59. The summed E-state index contributed by atoms with van der Waals surface area (Å²) in [4.78, 5) is 39.8. The zero-order valence-electron chi connectivity index (χ0n) is 18.4. The molecule has 176 valence electrons. The van der Waals surface area contributed by atoms with Gasteiger partial charge in [-0.2, -0.15) is 0 Å². The molecule has 0 spiro atoms. The Morgan fingerprint density at radius 2 is 1.64 bits per heavy atom. The molecule has 1 aliphatic heterocycles. The normalized spacial score (nSPS) is 19.5. The van der Waals surface area contributed by atoms with Crippen molar-refractivity contribution in [2.75, 3.05) is 18.4 Å². The number of nitrogens with zero attached hydrogens (tertiary/aromatic N) is 3. The molecule has 33 heavy (non-hydrogen) atoms. The van der Waals surface area contributed by atoms with Crippen LogP contribution in [0.4, 0.5) is 10.1 Å². The van der Waals surface area contributed by atoms with Crippen molar-refractivity contribution >= 4 is 34.7 Å². The zero-order chi connectivity index (χ0) is 23.2. The van der Waals surface area contributed by atoms with E-state index in [4.69, 9.17) is 0 Å². The van der Waals surface area contributed by atoms with Crippen LogP contribution in [0.2, 0.25) is 0 Å². The molecule has 1 aromatic carbocycles. The predicted octanol–water partition coefficient (Wildman–Crippen LogP) is 3.62. The van der Waals surface area contributed by atoms with E-state index in [1.54, 1.807) is 4.90 Å². The Morgan fingerprint density at radius 1 is 0.939 bits per heavy atom. The molecule has 0 unspecified atom stereocenters. The molecule has 0 bridgehead atoms. The summed E-state index contributed by atoms with van der Waals surface area (Å²) in [6.07, 6.45) is 8.29. The monoisotopic (exact) mass is 473 g/mol. The molecular formula is C23H28FN5O3S. The van der Waals surface area contributed by atoms with Crippen molar-refractivity contribution < 1.29 is 18.8 Å². The summed E-state index contributed by atoms with van der Waals surface area (Å²) in [7, 11) is 0. The number of hydrogen-bond acceptors (Lipinski definition) is 6. The van der Waals surface area contributed by atoms with E-state index in [1.165, 1.54) is 37.1 Å². The van der Waals surface area contributed by atoms with Crippen molar-refractivity contribution in [1.29, 1.82) is 0 Å². The number of carbonyl (C=O) groups is 3. The zero-order valence-corrected chi connectivity index (χ0v) is 19.2. The van der Waals surface area contributed by atoms with E-state index in [-0.39, 0.29) is 33.8 Å². The third-order valence-electron chi connectivity index (χ3n) is 6.19. The van der Waals surface area contributed by atoms with Gasteiger partial charge in [0.15, 0.2) is 0 Å². The molecule has 2 heterocycles. The van der Waals surface area contributed by atoms with Gasteiger partial charge in [0.2, 0.25) is 15.9 Å². The van der Waals surface area contributed by atoms with Gasteiger partial charge in [-0.25, -0.2) is 4.39 Å². The summed E-state index contributed by atoms with van der Waals surface area (Å²) < 4.78 is 13.0. The highest BCUT2D eigenvalue weighted by Crippen LogP contribution is 2.23. The molecule has 8 nitrogen and oxygen atoms in total. The largest absolute Gasteiger partial charge is 0.353 e. The Bertz CT molecular complexity index is 988. The maximum absolute atomic E-state index is 13.0. The van der Waals surface area contributed by atoms with Crippen LogP contribution in [0, 0.1) is 11.7 Å². The number of piperidine rings is 1. The molecule has 2 aromatic rings. The minimum Gasteiger partial charge on any atom is -0.353 e. The van der Waals surface area contributed by atoms with Crippen LogP contribution >= 0.6 is 11.3 Å². The van der Waals surface area contributed by atoms with Crippen molar-refractivity contribution in [3.05, 3.63) is 40.1 Å². The highest BCUT2D eigenvalue weighted by atomic mass is 32.1. The number of nitrogens with one attached hydrogen (secondary N) is 2. The number of aromatic nitrogens is 2. The Labute approximate surface area is 196 Å². The van der Waals surface area contributed by atoms with E-state index in [9.17, 15) is 18.8 Å². The fourth-order valence-corrected chi connectivity index (χ4v) is 5.08. The molecule has 2 N–H and O–H groups in total. The van der Waals surface area contributed by atoms with E-state index in [0.29, 0.717) is 18.8 Å². The van der Waals surface area contributed by atoms with Gasteiger partial charge < -0.3 is 15.5 Å². The fraction of sp³-hybridized carbons (Fsp3) is 0.522. The Morgan fingerprint density at radius 3 is 2.36 bits per heavy atom. The number of halogens is 1. The third-order valence-corrected chi connectivity index (χ3v) is 7.10. The SMILES string of the molecule is O=C(Nc1ccc(F)cc1)c1nnc(C(=O)N2CCC[C@H](C(=O)NC3CCCCCC3)C2)s1. The average Bonchev–Trinajstić information content (AvgIpc) is 3.19. The number of likely N-dealkylation sites (tertiary alicyclic amines) is 1. The van der Waals surface area contributed by atoms with Crippen LogP contribution in [0.25, 0.3) is 0 Å². The first kappa shape index (κ1) is 23.3. The molecule has 1 saturated heterocycles. The lowest BCUT2D eigenvalue weighted by atomic mass is 9.96. The lowest BCUT2D eigenvalue weighted by Crippen LogP contribution is -2.47. The highest BCUT2D eigenvalue weighted by molar-refractivity contribution is 7.15. The van der Waals surface area contributed by atoms with Gasteiger partial charge in [0, 0.05) is 24.8 Å². The highest BCUT2D eigenvalue weighted by Gasteiger charge is 2.31. The molecule has 0 radical (unpaired) electrons. The standard InChI is InChI=1S/C23H28FN5O3S/c24-16-9-11-18(12-10-16)26-20(31)21-27-28-22(33-21)23(32)29-13-5-6-15(14-29)19(30)25-17-7-3-1-2-4-8-17/h9-12,15,17H,1-8,13-14H2,(H,25,30)(H,26,31)/t15-/m0/s1. The Hall–Kier alpha value is -2.88. The lowest BCUT2D eigenvalue weighted by Gasteiger charge is -2.32. The van der Waals surface area contributed by atoms with Crippen LogP contribution in [-0.4, -0.2) is 52.0 Å². The predicted molar refractivity (Wildman–Crippen MR) is 123 cm³/mol. The van der Waals surface area contributed by atoms with Crippen molar-refractivity contribution in [2.24, 2.45) is 5.92 Å². The summed E-state index contributed by atoms with van der Waals surface area (Å²) in [5, 5.41) is 13.7. The van der Waals surface area contributed by atoms with E-state index in [1.807, 2.05) is 0 Å². The molecular weight excluding hydrogens is 445 g/mol. The topological polar surface area (TPSA) is 104 Å². The summed E-state index contributed by atoms with van der Waals surface area (Å²) >= 11 is 0.905. The molecule has 3 amide bonds. The molecule has 1 aliphatic carbocycles. The first-order valence-corrected chi connectivity index (χ1v) is 12.3. The fourth-order valence-electron chi connectivity index (χ4n) is 4.37. The molecule has 1 saturated carbocycles. The average molecular weight is 474 g/mol. The first-order valence-electron chi connectivity index (χ1n) is 11.5. The summed E-state index contributed by atoms with van der Waals surface area (Å²) in [6.45, 7) is 0.886. The van der Waals surface area contributed by atoms with Crippen LogP contribution in [0.3, 0.4) is 0 Å². The van der Waals surface area contributed by atoms with E-state index in [2.05, 4.69) is 20.8 Å². The maximum Gasteiger partial charge on any atom is 0.286 e. The van der Waals surface area contributed by atoms with E-state index >= 15 is 0 Å². The van der Waals surface area contributed by atoms with Crippen LogP contribution in [-0.2, 0) is 4.79 Å². The molecule has 1 aromatic heterocycles. The van der Waals surface area contributed by atoms with E-state index in [0.717, 1.165) is 49.9 Å². The Balaban J connectivity index is 1.33. The molecule has 10 heteroatoms. The van der Waals surface area contributed by atoms with E-state index < -0.39 is 11.7 Å². The van der Waals surface area contributed by atoms with Crippen molar-refractivity contribution in [3.63, 3.8) is 0 Å². The number of benzene rings is 1. The summed E-state index contributed by atoms with van der Waals surface area (Å²) in [5.74, 6) is -1.45. The van der Waals surface area contributed by atoms with Crippen LogP contribution in [0.15, 0.2) is 24.3 Å². The molecule has 4 rings (SSSR count). The second kappa shape index (κ2) is 10.8. The van der Waals surface area contributed by atoms with Crippen molar-refractivity contribution in [3.8, 4) is 0 Å². The number of hydrogen-bond donors (Lipinski definition) is 2. The lowest BCUT2D eigenvalue weighted by molar-refractivity contribution is -0.127. The number of amides is 3. The first-order chi connectivity index (χ1) is 16.0. The quantitative estimate of drug-likeness (QED) is 0.646. The number of rotatable bonds is 5. The van der Waals surface area contributed by atoms with Gasteiger partial charge in [0.25, 0.3) is 11.8 Å². The Kier molecular flexibility index (Phi) is 7.64. The molecule has 2 fully saturated rings. The maximum atomic E-state index is 13.0. The van der Waals surface area contributed by atoms with Gasteiger partial charge in [0.05, 0.1) is 5.92 Å². The van der Waals surface area contributed by atoms with Crippen molar-refractivity contribution in [2.45, 2.75) is 57.4 Å². The van der Waals surface area contributed by atoms with Gasteiger partial charge >= 0.3 is 0 Å². The summed E-state index contributed by atoms with van der Waals surface area (Å²) in [5.41, 5.74) is 0.419. The van der Waals surface area contributed by atoms with Crippen LogP contribution < -0.4 is 10.6 Å². The van der Waals surface area contributed by atoms with Crippen molar-refractivity contribution in [1.82, 2.24) is 20.4 Å². The van der Waals surface area contributed by atoms with Gasteiger partial charge in [0.1, 0.15) is 5.82 Å². The molecule has 1 atom stereocenters. The van der Waals surface area contributed by atoms with Gasteiger partial charge in [-0.05, 0) is 49.9 Å². The smallest absolute Gasteiger partial charge is 0.286 e. The molecule has 2 aliphatic rings. The number of carbonyl (C=O) groups excluding carboxylic acids is 3. The second-order valence-electron chi connectivity index (χ2n) is 8.66. The minimum absolute atomic E-state index is 0.0241. The van der Waals surface area contributed by atoms with Gasteiger partial charge in [-0.1, -0.05) is 37.0 Å². The van der Waals surface area contributed by atoms with Gasteiger partial charge in [-0.3, -0.25) is 14.4 Å². The second-order valence-corrected chi connectivity index (χ2v) is 9.64. The van der Waals surface area contributed by atoms with Crippen LogP contribution in [0.1, 0.15) is 71.0 Å². The van der Waals surface area contributed by atoms with Gasteiger partial charge in [-0.15, -0.1) is 10.2 Å². The third kappa shape index (κ3) is 6.13. The van der Waals surface area contributed by atoms with Crippen LogP contribution in [0.5, 0.6) is 0 Å². The minimum atomic E-state index is -0.516.